The molecule has 1 saturated heterocycles. The van der Waals surface area contributed by atoms with E-state index in [0.717, 1.165) is 25.7 Å². The number of likely N-dealkylation sites (tertiary alicyclic amines) is 1. The average Bonchev–Trinajstić information content (AvgIpc) is 2.92. The highest BCUT2D eigenvalue weighted by Gasteiger charge is 2.30. The summed E-state index contributed by atoms with van der Waals surface area (Å²) >= 11 is 5.82. The van der Waals surface area contributed by atoms with Gasteiger partial charge in [-0.1, -0.05) is 29.6 Å². The van der Waals surface area contributed by atoms with Gasteiger partial charge in [-0.25, -0.2) is 4.98 Å². The highest BCUT2D eigenvalue weighted by molar-refractivity contribution is 6.30. The lowest BCUT2D eigenvalue weighted by molar-refractivity contribution is 0.0664. The molecule has 1 aliphatic heterocycles. The van der Waals surface area contributed by atoms with Crippen LogP contribution in [0.5, 0.6) is 0 Å². The van der Waals surface area contributed by atoms with E-state index in [1.807, 2.05) is 0 Å². The number of hydrogen-bond donors (Lipinski definition) is 0. The molecule has 3 rings (SSSR count). The number of amides is 1. The smallest absolute Gasteiger partial charge is 0.273 e. The predicted octanol–water partition coefficient (Wildman–Crippen LogP) is 2.88. The maximum Gasteiger partial charge on any atom is 0.273 e. The Morgan fingerprint density at radius 3 is 2.90 bits per heavy atom. The minimum atomic E-state index is -0.156. The molecule has 0 bridgehead atoms. The van der Waals surface area contributed by atoms with Crippen molar-refractivity contribution in [3.8, 4) is 0 Å². The number of carbonyl (C=O) groups is 1. The SMILES string of the molecule is O=C(c1ccc(Cl)cn1)N1CCCCC[C@@H]1c1ncon1. The predicted molar refractivity (Wildman–Crippen MR) is 75.8 cm³/mol. The van der Waals surface area contributed by atoms with E-state index in [9.17, 15) is 4.79 Å². The molecule has 1 fully saturated rings. The summed E-state index contributed by atoms with van der Waals surface area (Å²) in [7, 11) is 0. The first-order valence-electron chi connectivity index (χ1n) is 6.94. The van der Waals surface area contributed by atoms with E-state index in [-0.39, 0.29) is 11.9 Å². The van der Waals surface area contributed by atoms with Crippen molar-refractivity contribution in [2.75, 3.05) is 6.54 Å². The van der Waals surface area contributed by atoms with Gasteiger partial charge in [0.05, 0.1) is 11.1 Å². The van der Waals surface area contributed by atoms with E-state index in [2.05, 4.69) is 15.1 Å². The highest BCUT2D eigenvalue weighted by atomic mass is 35.5. The molecule has 0 N–H and O–H groups in total. The van der Waals surface area contributed by atoms with Gasteiger partial charge in [0, 0.05) is 12.7 Å². The Kier molecular flexibility index (Phi) is 4.15. The van der Waals surface area contributed by atoms with Crippen LogP contribution in [0.1, 0.15) is 48.0 Å². The molecule has 0 radical (unpaired) electrons. The molecule has 6 nitrogen and oxygen atoms in total. The Balaban J connectivity index is 1.88. The van der Waals surface area contributed by atoms with Crippen molar-refractivity contribution in [2.45, 2.75) is 31.7 Å². The van der Waals surface area contributed by atoms with Gasteiger partial charge in [0.2, 0.25) is 6.39 Å². The zero-order valence-electron chi connectivity index (χ0n) is 11.4. The molecule has 2 aromatic rings. The molecule has 0 aliphatic carbocycles. The van der Waals surface area contributed by atoms with Gasteiger partial charge in [-0.05, 0) is 25.0 Å². The molecule has 3 heterocycles. The first-order chi connectivity index (χ1) is 10.3. The maximum atomic E-state index is 12.7. The molecule has 7 heteroatoms. The first kappa shape index (κ1) is 14.0. The summed E-state index contributed by atoms with van der Waals surface area (Å²) in [6.45, 7) is 0.669. The van der Waals surface area contributed by atoms with Gasteiger partial charge < -0.3 is 9.42 Å². The Hall–Kier alpha value is -1.95. The summed E-state index contributed by atoms with van der Waals surface area (Å²) in [4.78, 5) is 22.7. The summed E-state index contributed by atoms with van der Waals surface area (Å²) in [5.41, 5.74) is 0.384. The Bertz CT molecular complexity index is 600. The van der Waals surface area contributed by atoms with Crippen LogP contribution >= 0.6 is 11.6 Å². The third-order valence-corrected chi connectivity index (χ3v) is 3.86. The lowest BCUT2D eigenvalue weighted by Gasteiger charge is -2.27. The number of carbonyl (C=O) groups excluding carboxylic acids is 1. The number of aromatic nitrogens is 3. The topological polar surface area (TPSA) is 72.1 Å². The van der Waals surface area contributed by atoms with E-state index >= 15 is 0 Å². The summed E-state index contributed by atoms with van der Waals surface area (Å²) in [6, 6.07) is 3.16. The van der Waals surface area contributed by atoms with Crippen LogP contribution in [0.15, 0.2) is 29.2 Å². The summed E-state index contributed by atoms with van der Waals surface area (Å²) in [6.07, 6.45) is 6.70. The third kappa shape index (κ3) is 3.05. The Labute approximate surface area is 127 Å². The fraction of sp³-hybridized carbons (Fsp3) is 0.429. The zero-order valence-corrected chi connectivity index (χ0v) is 12.2. The van der Waals surface area contributed by atoms with Gasteiger partial charge >= 0.3 is 0 Å². The molecule has 1 amide bonds. The van der Waals surface area contributed by atoms with E-state index in [1.165, 1.54) is 12.6 Å². The summed E-state index contributed by atoms with van der Waals surface area (Å²) in [5.74, 6) is 0.433. The summed E-state index contributed by atoms with van der Waals surface area (Å²) in [5, 5.41) is 4.41. The highest BCUT2D eigenvalue weighted by Crippen LogP contribution is 2.29. The van der Waals surface area contributed by atoms with Crippen LogP contribution in [0.3, 0.4) is 0 Å². The molecule has 0 saturated carbocycles. The fourth-order valence-corrected chi connectivity index (χ4v) is 2.71. The van der Waals surface area contributed by atoms with Crippen molar-refractivity contribution in [1.29, 1.82) is 0 Å². The van der Waals surface area contributed by atoms with Crippen molar-refractivity contribution < 1.29 is 9.32 Å². The van der Waals surface area contributed by atoms with E-state index in [1.54, 1.807) is 17.0 Å². The van der Waals surface area contributed by atoms with Crippen LogP contribution in [0.2, 0.25) is 5.02 Å². The fourth-order valence-electron chi connectivity index (χ4n) is 2.59. The van der Waals surface area contributed by atoms with Crippen molar-refractivity contribution in [1.82, 2.24) is 20.0 Å². The number of nitrogens with zero attached hydrogens (tertiary/aromatic N) is 4. The van der Waals surface area contributed by atoms with Gasteiger partial charge in [0.25, 0.3) is 5.91 Å². The quantitative estimate of drug-likeness (QED) is 0.853. The normalized spacial score (nSPS) is 19.3. The zero-order chi connectivity index (χ0) is 14.7. The van der Waals surface area contributed by atoms with Gasteiger partial charge in [-0.15, -0.1) is 0 Å². The standard InChI is InChI=1S/C14H15ClN4O2/c15-10-5-6-11(16-8-10)14(20)19-7-3-1-2-4-12(19)13-17-9-21-18-13/h5-6,8-9,12H,1-4,7H2/t12-/m1/s1. The van der Waals surface area contributed by atoms with Crippen LogP contribution in [0, 0.1) is 0 Å². The minimum Gasteiger partial charge on any atom is -0.343 e. The summed E-state index contributed by atoms with van der Waals surface area (Å²) < 4.78 is 4.83. The van der Waals surface area contributed by atoms with Crippen molar-refractivity contribution in [2.24, 2.45) is 0 Å². The Morgan fingerprint density at radius 2 is 2.19 bits per heavy atom. The number of rotatable bonds is 2. The van der Waals surface area contributed by atoms with Crippen LogP contribution in [-0.4, -0.2) is 32.5 Å². The maximum absolute atomic E-state index is 12.7. The van der Waals surface area contributed by atoms with Crippen LogP contribution in [0.4, 0.5) is 0 Å². The van der Waals surface area contributed by atoms with Gasteiger partial charge in [0.15, 0.2) is 5.82 Å². The second kappa shape index (κ2) is 6.22. The largest absolute Gasteiger partial charge is 0.343 e. The molecule has 2 aromatic heterocycles. The molecular formula is C14H15ClN4O2. The van der Waals surface area contributed by atoms with Crippen LogP contribution < -0.4 is 0 Å². The van der Waals surface area contributed by atoms with Gasteiger partial charge in [0.1, 0.15) is 5.69 Å². The monoisotopic (exact) mass is 306 g/mol. The van der Waals surface area contributed by atoms with Crippen molar-refractivity contribution in [3.05, 3.63) is 41.3 Å². The Morgan fingerprint density at radius 1 is 1.29 bits per heavy atom. The van der Waals surface area contributed by atoms with Crippen LogP contribution in [0.25, 0.3) is 0 Å². The van der Waals surface area contributed by atoms with Crippen molar-refractivity contribution in [3.63, 3.8) is 0 Å². The number of halogens is 1. The molecule has 1 atom stereocenters. The lowest BCUT2D eigenvalue weighted by atomic mass is 10.1. The molecule has 110 valence electrons. The molecule has 0 spiro atoms. The molecule has 1 aliphatic rings. The molecule has 0 unspecified atom stereocenters. The van der Waals surface area contributed by atoms with E-state index in [0.29, 0.717) is 23.1 Å². The minimum absolute atomic E-state index is 0.122. The van der Waals surface area contributed by atoms with Gasteiger partial charge in [-0.2, -0.15) is 4.98 Å². The van der Waals surface area contributed by atoms with E-state index < -0.39 is 0 Å². The first-order valence-corrected chi connectivity index (χ1v) is 7.32. The van der Waals surface area contributed by atoms with E-state index in [4.69, 9.17) is 16.1 Å². The lowest BCUT2D eigenvalue weighted by Crippen LogP contribution is -2.35. The second-order valence-electron chi connectivity index (χ2n) is 5.01. The second-order valence-corrected chi connectivity index (χ2v) is 5.45. The van der Waals surface area contributed by atoms with Crippen molar-refractivity contribution >= 4 is 17.5 Å². The molecule has 0 aromatic carbocycles. The molecule has 21 heavy (non-hydrogen) atoms. The molecular weight excluding hydrogens is 292 g/mol. The average molecular weight is 307 g/mol. The number of pyridine rings is 1. The van der Waals surface area contributed by atoms with Gasteiger partial charge in [-0.3, -0.25) is 4.79 Å². The third-order valence-electron chi connectivity index (χ3n) is 3.64. The number of hydrogen-bond acceptors (Lipinski definition) is 5. The van der Waals surface area contributed by atoms with Crippen LogP contribution in [-0.2, 0) is 0 Å².